The van der Waals surface area contributed by atoms with Crippen molar-refractivity contribution >= 4 is 18.3 Å². The van der Waals surface area contributed by atoms with Crippen LogP contribution >= 0.6 is 12.4 Å². The summed E-state index contributed by atoms with van der Waals surface area (Å²) in [6, 6.07) is 4.39. The van der Waals surface area contributed by atoms with E-state index in [2.05, 4.69) is 15.6 Å². The molecule has 160 valence electrons. The Morgan fingerprint density at radius 3 is 2.48 bits per heavy atom. The number of nitrogens with one attached hydrogen (secondary N) is 1. The summed E-state index contributed by atoms with van der Waals surface area (Å²) < 4.78 is 55.3. The van der Waals surface area contributed by atoms with Crippen LogP contribution in [0, 0.1) is 11.7 Å². The van der Waals surface area contributed by atoms with Crippen molar-refractivity contribution in [3.8, 4) is 5.69 Å². The quantitative estimate of drug-likeness (QED) is 0.704. The van der Waals surface area contributed by atoms with Crippen LogP contribution in [0.15, 0.2) is 24.3 Å². The highest BCUT2D eigenvalue weighted by Gasteiger charge is 2.42. The largest absolute Gasteiger partial charge is 0.435 e. The Hall–Kier alpha value is -2.20. The van der Waals surface area contributed by atoms with E-state index in [-0.39, 0.29) is 24.9 Å². The van der Waals surface area contributed by atoms with Gasteiger partial charge in [0.25, 0.3) is 5.91 Å². The van der Waals surface area contributed by atoms with Crippen molar-refractivity contribution in [3.05, 3.63) is 41.5 Å². The molecule has 1 heterocycles. The van der Waals surface area contributed by atoms with Crippen molar-refractivity contribution < 1.29 is 22.4 Å². The van der Waals surface area contributed by atoms with E-state index in [0.29, 0.717) is 4.68 Å². The lowest BCUT2D eigenvalue weighted by molar-refractivity contribution is -0.143. The molecule has 0 saturated heterocycles. The second-order valence-corrected chi connectivity index (χ2v) is 6.86. The highest BCUT2D eigenvalue weighted by atomic mass is 35.5. The summed E-state index contributed by atoms with van der Waals surface area (Å²) in [7, 11) is 0. The van der Waals surface area contributed by atoms with Crippen molar-refractivity contribution in [3.63, 3.8) is 0 Å². The van der Waals surface area contributed by atoms with Crippen molar-refractivity contribution in [1.29, 1.82) is 0 Å². The standard InChI is InChI=1S/C18H21F4N5O.ClH/c19-12-8-4-5-9-14(12)27-16(18(20,21)22)15(25-26-27)17(28)24-13(10-23)11-6-2-1-3-7-11;/h4-5,8-9,11,13H,1-3,6-7,10,23H2,(H,24,28);1H. The number of nitrogens with two attached hydrogens (primary N) is 1. The number of alkyl halides is 3. The van der Waals surface area contributed by atoms with Crippen molar-refractivity contribution in [2.75, 3.05) is 6.54 Å². The molecule has 3 N–H and O–H groups in total. The number of para-hydroxylation sites is 1. The molecule has 11 heteroatoms. The number of carbonyl (C=O) groups excluding carboxylic acids is 1. The molecular formula is C18H22ClF4N5O. The summed E-state index contributed by atoms with van der Waals surface area (Å²) in [5.74, 6) is -1.82. The zero-order valence-corrected chi connectivity index (χ0v) is 16.3. The Morgan fingerprint density at radius 2 is 1.90 bits per heavy atom. The lowest BCUT2D eigenvalue weighted by Gasteiger charge is -2.29. The van der Waals surface area contributed by atoms with E-state index in [1.807, 2.05) is 0 Å². The number of amides is 1. The second-order valence-electron chi connectivity index (χ2n) is 6.86. The molecule has 1 aromatic heterocycles. The molecule has 0 spiro atoms. The smallest absolute Gasteiger partial charge is 0.346 e. The van der Waals surface area contributed by atoms with E-state index in [1.54, 1.807) is 0 Å². The molecule has 2 aromatic rings. The van der Waals surface area contributed by atoms with Gasteiger partial charge in [-0.1, -0.05) is 36.6 Å². The first-order valence-electron chi connectivity index (χ1n) is 9.11. The van der Waals surface area contributed by atoms with Gasteiger partial charge in [-0.05, 0) is 30.9 Å². The van der Waals surface area contributed by atoms with Crippen LogP contribution in [0.25, 0.3) is 5.69 Å². The number of halogens is 5. The molecule has 1 fully saturated rings. The summed E-state index contributed by atoms with van der Waals surface area (Å²) in [6.45, 7) is 0.110. The van der Waals surface area contributed by atoms with Crippen LogP contribution in [0.5, 0.6) is 0 Å². The summed E-state index contributed by atoms with van der Waals surface area (Å²) in [5, 5.41) is 9.37. The van der Waals surface area contributed by atoms with E-state index < -0.39 is 41.0 Å². The molecule has 1 unspecified atom stereocenters. The average Bonchev–Trinajstić information content (AvgIpc) is 3.12. The van der Waals surface area contributed by atoms with E-state index in [9.17, 15) is 22.4 Å². The minimum Gasteiger partial charge on any atom is -0.346 e. The molecule has 0 bridgehead atoms. The maximum atomic E-state index is 14.0. The Bertz CT molecular complexity index is 836. The summed E-state index contributed by atoms with van der Waals surface area (Å²) >= 11 is 0. The maximum Gasteiger partial charge on any atom is 0.435 e. The minimum atomic E-state index is -4.96. The molecule has 29 heavy (non-hydrogen) atoms. The zero-order chi connectivity index (χ0) is 20.3. The first-order valence-corrected chi connectivity index (χ1v) is 9.11. The third kappa shape index (κ3) is 5.05. The fourth-order valence-electron chi connectivity index (χ4n) is 3.62. The number of aromatic nitrogens is 3. The Morgan fingerprint density at radius 1 is 1.24 bits per heavy atom. The second kappa shape index (κ2) is 9.53. The predicted octanol–water partition coefficient (Wildman–Crippen LogP) is 3.48. The molecule has 1 atom stereocenters. The van der Waals surface area contributed by atoms with Gasteiger partial charge in [0.2, 0.25) is 0 Å². The van der Waals surface area contributed by atoms with Gasteiger partial charge in [0, 0.05) is 12.6 Å². The summed E-state index contributed by atoms with van der Waals surface area (Å²) in [5.41, 5.74) is 2.98. The van der Waals surface area contributed by atoms with Crippen LogP contribution in [-0.2, 0) is 6.18 Å². The van der Waals surface area contributed by atoms with Gasteiger partial charge in [0.15, 0.2) is 11.4 Å². The van der Waals surface area contributed by atoms with Crippen LogP contribution in [0.4, 0.5) is 17.6 Å². The topological polar surface area (TPSA) is 85.8 Å². The molecule has 1 aliphatic rings. The number of carbonyl (C=O) groups is 1. The summed E-state index contributed by atoms with van der Waals surface area (Å²) in [4.78, 5) is 12.6. The highest BCUT2D eigenvalue weighted by molar-refractivity contribution is 5.93. The number of hydrogen-bond acceptors (Lipinski definition) is 4. The lowest BCUT2D eigenvalue weighted by atomic mass is 9.84. The maximum absolute atomic E-state index is 14.0. The average molecular weight is 436 g/mol. The van der Waals surface area contributed by atoms with Crippen LogP contribution in [-0.4, -0.2) is 33.5 Å². The van der Waals surface area contributed by atoms with Crippen LogP contribution in [0.3, 0.4) is 0 Å². The van der Waals surface area contributed by atoms with Crippen LogP contribution in [0.2, 0.25) is 0 Å². The Kier molecular flexibility index (Phi) is 7.59. The summed E-state index contributed by atoms with van der Waals surface area (Å²) in [6.07, 6.45) is -0.159. The first-order chi connectivity index (χ1) is 13.3. The van der Waals surface area contributed by atoms with E-state index >= 15 is 0 Å². The van der Waals surface area contributed by atoms with Gasteiger partial charge in [-0.25, -0.2) is 9.07 Å². The zero-order valence-electron chi connectivity index (χ0n) is 15.5. The molecule has 1 amide bonds. The SMILES string of the molecule is Cl.NCC(NC(=O)c1nnn(-c2ccccc2F)c1C(F)(F)F)C1CCCCC1. The molecule has 6 nitrogen and oxygen atoms in total. The molecule has 0 radical (unpaired) electrons. The molecule has 3 rings (SSSR count). The van der Waals surface area contributed by atoms with E-state index in [4.69, 9.17) is 5.73 Å². The van der Waals surface area contributed by atoms with Gasteiger partial charge in [-0.15, -0.1) is 17.5 Å². The highest BCUT2D eigenvalue weighted by Crippen LogP contribution is 2.33. The first kappa shape index (κ1) is 23.1. The molecule has 0 aliphatic heterocycles. The van der Waals surface area contributed by atoms with Gasteiger partial charge in [-0.3, -0.25) is 4.79 Å². The van der Waals surface area contributed by atoms with Crippen molar-refractivity contribution in [2.24, 2.45) is 11.7 Å². The lowest BCUT2D eigenvalue weighted by Crippen LogP contribution is -2.46. The molecule has 1 aliphatic carbocycles. The fraction of sp³-hybridized carbons (Fsp3) is 0.500. The number of benzene rings is 1. The fourth-order valence-corrected chi connectivity index (χ4v) is 3.62. The third-order valence-electron chi connectivity index (χ3n) is 5.02. The normalized spacial score (nSPS) is 16.2. The number of rotatable bonds is 5. The van der Waals surface area contributed by atoms with Crippen LogP contribution < -0.4 is 11.1 Å². The number of nitrogens with zero attached hydrogens (tertiary/aromatic N) is 3. The van der Waals surface area contributed by atoms with Gasteiger partial charge >= 0.3 is 6.18 Å². The van der Waals surface area contributed by atoms with Gasteiger partial charge in [0.05, 0.1) is 0 Å². The van der Waals surface area contributed by atoms with Crippen LogP contribution in [0.1, 0.15) is 48.3 Å². The minimum absolute atomic E-state index is 0. The van der Waals surface area contributed by atoms with Gasteiger partial charge < -0.3 is 11.1 Å². The van der Waals surface area contributed by atoms with Gasteiger partial charge in [-0.2, -0.15) is 13.2 Å². The molecule has 1 aromatic carbocycles. The Balaban J connectivity index is 0.00000300. The molecule has 1 saturated carbocycles. The van der Waals surface area contributed by atoms with E-state index in [1.165, 1.54) is 12.1 Å². The third-order valence-corrected chi connectivity index (χ3v) is 5.02. The molecular weight excluding hydrogens is 414 g/mol. The van der Waals surface area contributed by atoms with Crippen molar-refractivity contribution in [2.45, 2.75) is 44.3 Å². The van der Waals surface area contributed by atoms with Gasteiger partial charge in [0.1, 0.15) is 11.5 Å². The number of hydrogen-bond donors (Lipinski definition) is 2. The monoisotopic (exact) mass is 435 g/mol. The van der Waals surface area contributed by atoms with E-state index in [0.717, 1.165) is 44.2 Å². The predicted molar refractivity (Wildman–Crippen MR) is 100 cm³/mol. The Labute approximate surface area is 171 Å². The van der Waals surface area contributed by atoms with Crippen molar-refractivity contribution in [1.82, 2.24) is 20.3 Å².